The van der Waals surface area contributed by atoms with Crippen LogP contribution in [0, 0.1) is 11.2 Å². The average molecular weight is 328 g/mol. The number of alkyl halides is 2. The van der Waals surface area contributed by atoms with Crippen LogP contribution in [0.25, 0.3) is 0 Å². The molecule has 1 fully saturated rings. The van der Waals surface area contributed by atoms with Gasteiger partial charge in [0.05, 0.1) is 0 Å². The minimum atomic E-state index is -3.09. The van der Waals surface area contributed by atoms with Gasteiger partial charge >= 0.3 is 6.61 Å². The van der Waals surface area contributed by atoms with Crippen LogP contribution in [0.2, 0.25) is 0 Å². The first-order valence-corrected chi connectivity index (χ1v) is 7.19. The van der Waals surface area contributed by atoms with Gasteiger partial charge < -0.3 is 20.3 Å². The lowest BCUT2D eigenvalue weighted by atomic mass is 10.2. The Kier molecular flexibility index (Phi) is 5.86. The second kappa shape index (κ2) is 7.87. The molecule has 5 nitrogen and oxygen atoms in total. The first-order chi connectivity index (χ1) is 11.0. The van der Waals surface area contributed by atoms with Crippen LogP contribution in [0.4, 0.5) is 18.9 Å². The molecule has 0 unspecified atom stereocenters. The number of benzene rings is 1. The Morgan fingerprint density at radius 3 is 2.74 bits per heavy atom. The van der Waals surface area contributed by atoms with Crippen molar-refractivity contribution in [3.05, 3.63) is 35.8 Å². The zero-order valence-electron chi connectivity index (χ0n) is 12.7. The third kappa shape index (κ3) is 5.17. The number of rotatable bonds is 5. The van der Waals surface area contributed by atoms with Crippen LogP contribution in [-0.4, -0.2) is 43.5 Å². The van der Waals surface area contributed by atoms with Gasteiger partial charge in [0.1, 0.15) is 5.84 Å². The summed E-state index contributed by atoms with van der Waals surface area (Å²) in [7, 11) is 0. The normalized spacial score (nSPS) is 15.7. The monoisotopic (exact) mass is 328 g/mol. The molecule has 1 aromatic rings. The van der Waals surface area contributed by atoms with Crippen LogP contribution >= 0.6 is 0 Å². The molecule has 0 radical (unpaired) electrons. The summed E-state index contributed by atoms with van der Waals surface area (Å²) in [5, 5.41) is 14.2. The summed E-state index contributed by atoms with van der Waals surface area (Å²) in [5.74, 6) is -1.01. The van der Waals surface area contributed by atoms with E-state index in [0.29, 0.717) is 17.2 Å². The molecule has 0 saturated carbocycles. The van der Waals surface area contributed by atoms with Crippen LogP contribution < -0.4 is 15.4 Å². The molecule has 1 heterocycles. The van der Waals surface area contributed by atoms with Crippen molar-refractivity contribution in [2.45, 2.75) is 13.5 Å². The van der Waals surface area contributed by atoms with Crippen LogP contribution in [0.15, 0.2) is 30.0 Å². The number of amidine groups is 1. The average Bonchev–Trinajstić information content (AvgIpc) is 2.51. The lowest BCUT2D eigenvalue weighted by Crippen LogP contribution is -2.45. The van der Waals surface area contributed by atoms with Gasteiger partial charge in [-0.05, 0) is 25.1 Å². The molecule has 0 atom stereocenters. The van der Waals surface area contributed by atoms with Gasteiger partial charge in [-0.15, -0.1) is 0 Å². The first kappa shape index (κ1) is 17.1. The fraction of sp³-hybridized carbons (Fsp3) is 0.400. The molecule has 8 heteroatoms. The van der Waals surface area contributed by atoms with E-state index >= 15 is 0 Å². The molecule has 0 amide bonds. The van der Waals surface area contributed by atoms with Gasteiger partial charge in [0.15, 0.2) is 11.6 Å². The molecule has 1 aromatic carbocycles. The van der Waals surface area contributed by atoms with E-state index in [1.165, 1.54) is 6.07 Å². The van der Waals surface area contributed by atoms with Crippen molar-refractivity contribution in [3.8, 4) is 5.75 Å². The number of anilines is 1. The summed E-state index contributed by atoms with van der Waals surface area (Å²) in [5.41, 5.74) is 1.05. The quantitative estimate of drug-likeness (QED) is 0.574. The fourth-order valence-corrected chi connectivity index (χ4v) is 2.23. The van der Waals surface area contributed by atoms with E-state index in [9.17, 15) is 13.2 Å². The molecular weight excluding hydrogens is 309 g/mol. The summed E-state index contributed by atoms with van der Waals surface area (Å²) in [6.45, 7) is 1.83. The van der Waals surface area contributed by atoms with E-state index < -0.39 is 18.2 Å². The van der Waals surface area contributed by atoms with Crippen molar-refractivity contribution in [2.24, 2.45) is 0 Å². The van der Waals surface area contributed by atoms with Gasteiger partial charge in [-0.2, -0.15) is 8.78 Å². The summed E-state index contributed by atoms with van der Waals surface area (Å²) in [6.07, 6.45) is 1.64. The molecule has 1 saturated heterocycles. The van der Waals surface area contributed by atoms with Crippen molar-refractivity contribution in [3.63, 3.8) is 0 Å². The summed E-state index contributed by atoms with van der Waals surface area (Å²) < 4.78 is 41.9. The Morgan fingerprint density at radius 1 is 1.39 bits per heavy atom. The van der Waals surface area contributed by atoms with Crippen LogP contribution in [0.5, 0.6) is 5.75 Å². The number of nitrogens with one attached hydrogen (secondary N) is 3. The van der Waals surface area contributed by atoms with Crippen LogP contribution in [0.1, 0.15) is 6.92 Å². The van der Waals surface area contributed by atoms with E-state index in [0.717, 1.165) is 38.3 Å². The number of ether oxygens (including phenoxy) is 1. The van der Waals surface area contributed by atoms with Gasteiger partial charge in [-0.3, -0.25) is 5.41 Å². The van der Waals surface area contributed by atoms with Gasteiger partial charge in [0.25, 0.3) is 0 Å². The zero-order chi connectivity index (χ0) is 16.8. The first-order valence-electron chi connectivity index (χ1n) is 7.19. The molecule has 0 spiro atoms. The zero-order valence-corrected chi connectivity index (χ0v) is 12.7. The van der Waals surface area contributed by atoms with Crippen molar-refractivity contribution in [2.75, 3.05) is 31.5 Å². The molecule has 0 aliphatic carbocycles. The molecule has 2 rings (SSSR count). The standard InChI is InChI=1S/C15H19F3N4O/c1-10(8-14(19)22-6-4-20-5-7-22)21-11-2-3-12(16)13(9-11)23-15(17)18/h2-3,8-9,15,19-21H,4-7H2,1H3/b10-8-,19-14?. The summed E-state index contributed by atoms with van der Waals surface area (Å²) >= 11 is 0. The second-order valence-electron chi connectivity index (χ2n) is 5.10. The largest absolute Gasteiger partial charge is 0.432 e. The predicted octanol–water partition coefficient (Wildman–Crippen LogP) is 2.63. The second-order valence-corrected chi connectivity index (χ2v) is 5.10. The molecule has 126 valence electrons. The highest BCUT2D eigenvalue weighted by molar-refractivity contribution is 5.91. The highest BCUT2D eigenvalue weighted by Gasteiger charge is 2.12. The Balaban J connectivity index is 2.02. The molecule has 1 aliphatic rings. The minimum Gasteiger partial charge on any atom is -0.432 e. The van der Waals surface area contributed by atoms with E-state index in [2.05, 4.69) is 15.4 Å². The lowest BCUT2D eigenvalue weighted by molar-refractivity contribution is -0.0521. The van der Waals surface area contributed by atoms with Crippen LogP contribution in [0.3, 0.4) is 0 Å². The third-order valence-electron chi connectivity index (χ3n) is 3.30. The van der Waals surface area contributed by atoms with Crippen molar-refractivity contribution in [1.29, 1.82) is 5.41 Å². The van der Waals surface area contributed by atoms with E-state index in [1.54, 1.807) is 13.0 Å². The number of hydrogen-bond acceptors (Lipinski definition) is 4. The van der Waals surface area contributed by atoms with Gasteiger partial charge in [-0.25, -0.2) is 4.39 Å². The predicted molar refractivity (Wildman–Crippen MR) is 82.6 cm³/mol. The number of nitrogens with zero attached hydrogens (tertiary/aromatic N) is 1. The van der Waals surface area contributed by atoms with Gasteiger partial charge in [0, 0.05) is 43.6 Å². The maximum atomic E-state index is 13.4. The number of allylic oxidation sites excluding steroid dienone is 1. The maximum absolute atomic E-state index is 13.4. The van der Waals surface area contributed by atoms with E-state index in [-0.39, 0.29) is 0 Å². The number of halogens is 3. The van der Waals surface area contributed by atoms with E-state index in [4.69, 9.17) is 5.41 Å². The Bertz CT molecular complexity index is 586. The minimum absolute atomic E-state index is 0.364. The van der Waals surface area contributed by atoms with Crippen molar-refractivity contribution >= 4 is 11.5 Å². The molecule has 3 N–H and O–H groups in total. The third-order valence-corrected chi connectivity index (χ3v) is 3.30. The highest BCUT2D eigenvalue weighted by Crippen LogP contribution is 2.24. The fourth-order valence-electron chi connectivity index (χ4n) is 2.23. The SMILES string of the molecule is C/C(=C/C(=N)N1CCNCC1)Nc1ccc(F)c(OC(F)F)c1. The van der Waals surface area contributed by atoms with E-state index in [1.807, 2.05) is 4.90 Å². The molecule has 23 heavy (non-hydrogen) atoms. The smallest absolute Gasteiger partial charge is 0.387 e. The highest BCUT2D eigenvalue weighted by atomic mass is 19.3. The van der Waals surface area contributed by atoms with Gasteiger partial charge in [0.2, 0.25) is 0 Å². The molecule has 1 aliphatic heterocycles. The summed E-state index contributed by atoms with van der Waals surface area (Å²) in [4.78, 5) is 1.93. The van der Waals surface area contributed by atoms with Gasteiger partial charge in [-0.1, -0.05) is 0 Å². The summed E-state index contributed by atoms with van der Waals surface area (Å²) in [6, 6.07) is 3.63. The van der Waals surface area contributed by atoms with Crippen LogP contribution in [-0.2, 0) is 0 Å². The Hall–Kier alpha value is -2.22. The molecule has 0 bridgehead atoms. The Labute approximate surface area is 132 Å². The van der Waals surface area contributed by atoms with Crippen molar-refractivity contribution in [1.82, 2.24) is 10.2 Å². The maximum Gasteiger partial charge on any atom is 0.387 e. The number of piperazine rings is 1. The number of hydrogen-bond donors (Lipinski definition) is 3. The molecular formula is C15H19F3N4O. The molecule has 0 aromatic heterocycles. The Morgan fingerprint density at radius 2 is 2.09 bits per heavy atom. The lowest BCUT2D eigenvalue weighted by Gasteiger charge is -2.28. The van der Waals surface area contributed by atoms with Crippen molar-refractivity contribution < 1.29 is 17.9 Å². The topological polar surface area (TPSA) is 60.4 Å².